The number of anilines is 2. The Bertz CT molecular complexity index is 406. The number of unbranched alkanes of at least 4 members (excludes halogenated alkanes) is 2. The number of nitriles is 1. The summed E-state index contributed by atoms with van der Waals surface area (Å²) in [5, 5.41) is 8.47. The van der Waals surface area contributed by atoms with E-state index in [4.69, 9.17) is 11.0 Å². The van der Waals surface area contributed by atoms with Crippen LogP contribution in [0.15, 0.2) is 18.2 Å². The fourth-order valence-corrected chi connectivity index (χ4v) is 2.23. The van der Waals surface area contributed by atoms with Crippen LogP contribution in [0.4, 0.5) is 11.4 Å². The van der Waals surface area contributed by atoms with E-state index in [0.29, 0.717) is 6.42 Å². The monoisotopic (exact) mass is 215 g/mol. The Morgan fingerprint density at radius 1 is 1.38 bits per heavy atom. The highest BCUT2D eigenvalue weighted by Crippen LogP contribution is 2.29. The van der Waals surface area contributed by atoms with Crippen LogP contribution in [-0.2, 0) is 6.42 Å². The van der Waals surface area contributed by atoms with Gasteiger partial charge in [0, 0.05) is 30.9 Å². The molecule has 0 saturated heterocycles. The topological polar surface area (TPSA) is 53.0 Å². The van der Waals surface area contributed by atoms with Gasteiger partial charge >= 0.3 is 0 Å². The lowest BCUT2D eigenvalue weighted by molar-refractivity contribution is 0.711. The summed E-state index contributed by atoms with van der Waals surface area (Å²) < 4.78 is 0. The van der Waals surface area contributed by atoms with Crippen molar-refractivity contribution >= 4 is 11.4 Å². The molecule has 1 aliphatic heterocycles. The van der Waals surface area contributed by atoms with Gasteiger partial charge < -0.3 is 10.6 Å². The van der Waals surface area contributed by atoms with Gasteiger partial charge in [-0.1, -0.05) is 0 Å². The van der Waals surface area contributed by atoms with E-state index in [0.717, 1.165) is 38.0 Å². The zero-order valence-corrected chi connectivity index (χ0v) is 9.45. The molecule has 0 aliphatic carbocycles. The third-order valence-electron chi connectivity index (χ3n) is 3.06. The van der Waals surface area contributed by atoms with Crippen LogP contribution in [0.1, 0.15) is 24.8 Å². The molecule has 0 aromatic heterocycles. The van der Waals surface area contributed by atoms with E-state index in [9.17, 15) is 0 Å². The van der Waals surface area contributed by atoms with Crippen molar-refractivity contribution in [3.8, 4) is 6.07 Å². The van der Waals surface area contributed by atoms with E-state index in [1.807, 2.05) is 6.07 Å². The molecule has 1 heterocycles. The number of hydrogen-bond donors (Lipinski definition) is 1. The number of fused-ring (bicyclic) bond motifs is 1. The maximum absolute atomic E-state index is 8.47. The Labute approximate surface area is 96.5 Å². The van der Waals surface area contributed by atoms with Gasteiger partial charge in [-0.2, -0.15) is 5.26 Å². The standard InChI is InChI=1S/C13H17N3/c14-7-2-1-3-8-16-9-6-11-10-12(15)4-5-13(11)16/h4-5,10H,1-3,6,8-9,15H2. The zero-order chi connectivity index (χ0) is 11.4. The molecule has 0 unspecified atom stereocenters. The minimum Gasteiger partial charge on any atom is -0.399 e. The summed E-state index contributed by atoms with van der Waals surface area (Å²) in [6, 6.07) is 8.34. The van der Waals surface area contributed by atoms with Crippen LogP contribution in [-0.4, -0.2) is 13.1 Å². The number of nitrogens with zero attached hydrogens (tertiary/aromatic N) is 2. The molecular weight excluding hydrogens is 198 g/mol. The summed E-state index contributed by atoms with van der Waals surface area (Å²) in [5.41, 5.74) is 9.30. The average Bonchev–Trinajstić information content (AvgIpc) is 2.67. The summed E-state index contributed by atoms with van der Waals surface area (Å²) in [6.07, 6.45) is 3.86. The van der Waals surface area contributed by atoms with E-state index in [1.165, 1.54) is 11.3 Å². The number of hydrogen-bond acceptors (Lipinski definition) is 3. The maximum atomic E-state index is 8.47. The van der Waals surface area contributed by atoms with Crippen LogP contribution in [0, 0.1) is 11.3 Å². The second kappa shape index (κ2) is 4.89. The van der Waals surface area contributed by atoms with Gasteiger partial charge in [-0.25, -0.2) is 0 Å². The van der Waals surface area contributed by atoms with Crippen LogP contribution >= 0.6 is 0 Å². The Kier molecular flexibility index (Phi) is 3.31. The second-order valence-electron chi connectivity index (χ2n) is 4.24. The molecule has 2 rings (SSSR count). The van der Waals surface area contributed by atoms with Crippen molar-refractivity contribution in [2.45, 2.75) is 25.7 Å². The molecule has 0 bridgehead atoms. The van der Waals surface area contributed by atoms with Crippen LogP contribution in [0.3, 0.4) is 0 Å². The van der Waals surface area contributed by atoms with Crippen LogP contribution < -0.4 is 10.6 Å². The van der Waals surface area contributed by atoms with Gasteiger partial charge in [0.15, 0.2) is 0 Å². The summed E-state index contributed by atoms with van der Waals surface area (Å²) in [7, 11) is 0. The van der Waals surface area contributed by atoms with E-state index < -0.39 is 0 Å². The number of benzene rings is 1. The predicted octanol–water partition coefficient (Wildman–Crippen LogP) is 2.33. The first-order valence-electron chi connectivity index (χ1n) is 5.81. The largest absolute Gasteiger partial charge is 0.399 e. The van der Waals surface area contributed by atoms with Gasteiger partial charge in [-0.15, -0.1) is 0 Å². The van der Waals surface area contributed by atoms with Gasteiger partial charge in [0.2, 0.25) is 0 Å². The Morgan fingerprint density at radius 2 is 2.25 bits per heavy atom. The first-order valence-corrected chi connectivity index (χ1v) is 5.81. The molecule has 16 heavy (non-hydrogen) atoms. The molecule has 1 aromatic carbocycles. The van der Waals surface area contributed by atoms with E-state index in [2.05, 4.69) is 23.1 Å². The summed E-state index contributed by atoms with van der Waals surface area (Å²) in [5.74, 6) is 0. The van der Waals surface area contributed by atoms with Crippen molar-refractivity contribution in [1.82, 2.24) is 0 Å². The Balaban J connectivity index is 1.94. The lowest BCUT2D eigenvalue weighted by Crippen LogP contribution is -2.21. The highest BCUT2D eigenvalue weighted by atomic mass is 15.1. The molecule has 2 N–H and O–H groups in total. The van der Waals surface area contributed by atoms with Crippen LogP contribution in [0.25, 0.3) is 0 Å². The molecule has 3 heteroatoms. The van der Waals surface area contributed by atoms with Gasteiger partial charge in [0.05, 0.1) is 6.07 Å². The smallest absolute Gasteiger partial charge is 0.0621 e. The van der Waals surface area contributed by atoms with Gasteiger partial charge in [0.25, 0.3) is 0 Å². The van der Waals surface area contributed by atoms with Gasteiger partial charge in [-0.3, -0.25) is 0 Å². The van der Waals surface area contributed by atoms with Gasteiger partial charge in [0.1, 0.15) is 0 Å². The SMILES string of the molecule is N#CCCCCN1CCc2cc(N)ccc21. The average molecular weight is 215 g/mol. The zero-order valence-electron chi connectivity index (χ0n) is 9.45. The van der Waals surface area contributed by atoms with Crippen molar-refractivity contribution in [1.29, 1.82) is 5.26 Å². The quantitative estimate of drug-likeness (QED) is 0.619. The van der Waals surface area contributed by atoms with Gasteiger partial charge in [-0.05, 0) is 43.0 Å². The van der Waals surface area contributed by atoms with E-state index >= 15 is 0 Å². The lowest BCUT2D eigenvalue weighted by atomic mass is 10.1. The van der Waals surface area contributed by atoms with Crippen molar-refractivity contribution < 1.29 is 0 Å². The van der Waals surface area contributed by atoms with Crippen molar-refractivity contribution in [2.75, 3.05) is 23.7 Å². The van der Waals surface area contributed by atoms with Crippen molar-refractivity contribution in [2.24, 2.45) is 0 Å². The minimum atomic E-state index is 0.669. The van der Waals surface area contributed by atoms with Crippen molar-refractivity contribution in [3.63, 3.8) is 0 Å². The summed E-state index contributed by atoms with van der Waals surface area (Å²) >= 11 is 0. The first-order chi connectivity index (χ1) is 7.81. The van der Waals surface area contributed by atoms with Crippen molar-refractivity contribution in [3.05, 3.63) is 23.8 Å². The molecule has 84 valence electrons. The van der Waals surface area contributed by atoms with Crippen LogP contribution in [0.5, 0.6) is 0 Å². The molecule has 0 spiro atoms. The third-order valence-corrected chi connectivity index (χ3v) is 3.06. The highest BCUT2D eigenvalue weighted by molar-refractivity contribution is 5.62. The molecular formula is C13H17N3. The summed E-state index contributed by atoms with van der Waals surface area (Å²) in [4.78, 5) is 2.39. The Hall–Kier alpha value is -1.69. The molecule has 0 fully saturated rings. The fourth-order valence-electron chi connectivity index (χ4n) is 2.23. The fraction of sp³-hybridized carbons (Fsp3) is 0.462. The molecule has 0 radical (unpaired) electrons. The van der Waals surface area contributed by atoms with Crippen LogP contribution in [0.2, 0.25) is 0 Å². The molecule has 1 aliphatic rings. The number of rotatable bonds is 4. The summed E-state index contributed by atoms with van der Waals surface area (Å²) in [6.45, 7) is 2.14. The molecule has 3 nitrogen and oxygen atoms in total. The predicted molar refractivity (Wildman–Crippen MR) is 66.2 cm³/mol. The molecule has 0 amide bonds. The molecule has 1 aromatic rings. The highest BCUT2D eigenvalue weighted by Gasteiger charge is 2.17. The maximum Gasteiger partial charge on any atom is 0.0621 e. The number of nitrogens with two attached hydrogens (primary N) is 1. The molecule has 0 saturated carbocycles. The molecule has 0 atom stereocenters. The Morgan fingerprint density at radius 3 is 3.06 bits per heavy atom. The first kappa shape index (κ1) is 10.8. The normalized spacial score (nSPS) is 13.6. The van der Waals surface area contributed by atoms with E-state index in [1.54, 1.807) is 0 Å². The minimum absolute atomic E-state index is 0.669. The third kappa shape index (κ3) is 2.27. The second-order valence-corrected chi connectivity index (χ2v) is 4.24. The number of nitrogen functional groups attached to an aromatic ring is 1. The van der Waals surface area contributed by atoms with E-state index in [-0.39, 0.29) is 0 Å². The lowest BCUT2D eigenvalue weighted by Gasteiger charge is -2.18.